The van der Waals surface area contributed by atoms with E-state index in [1.54, 1.807) is 0 Å². The average molecular weight is 183 g/mol. The molecule has 1 radical (unpaired) electrons. The Labute approximate surface area is 85.1 Å². The van der Waals surface area contributed by atoms with Gasteiger partial charge in [-0.1, -0.05) is 61.3 Å². The molecule has 0 aromatic heterocycles. The molecule has 0 saturated heterocycles. The SMILES string of the molecule is [CH2]CCCC(C(C)(C)C)C(C)(C)C. The highest BCUT2D eigenvalue weighted by atomic mass is 14.4. The van der Waals surface area contributed by atoms with Gasteiger partial charge in [-0.15, -0.1) is 0 Å². The van der Waals surface area contributed by atoms with Crippen molar-refractivity contribution in [2.75, 3.05) is 0 Å². The number of hydrogen-bond donors (Lipinski definition) is 0. The van der Waals surface area contributed by atoms with Gasteiger partial charge in [0.05, 0.1) is 0 Å². The van der Waals surface area contributed by atoms with Gasteiger partial charge in [-0.2, -0.15) is 0 Å². The topological polar surface area (TPSA) is 0 Å². The van der Waals surface area contributed by atoms with Crippen LogP contribution in [-0.4, -0.2) is 0 Å². The van der Waals surface area contributed by atoms with E-state index >= 15 is 0 Å². The lowest BCUT2D eigenvalue weighted by Gasteiger charge is -2.41. The molecule has 79 valence electrons. The second kappa shape index (κ2) is 4.48. The van der Waals surface area contributed by atoms with Gasteiger partial charge >= 0.3 is 0 Å². The zero-order chi connectivity index (χ0) is 10.7. The Balaban J connectivity index is 4.39. The molecule has 0 heteroatoms. The fourth-order valence-corrected chi connectivity index (χ4v) is 2.51. The van der Waals surface area contributed by atoms with Crippen molar-refractivity contribution in [1.29, 1.82) is 0 Å². The Morgan fingerprint density at radius 2 is 1.31 bits per heavy atom. The minimum atomic E-state index is 0.424. The minimum absolute atomic E-state index is 0.424. The summed E-state index contributed by atoms with van der Waals surface area (Å²) in [4.78, 5) is 0. The standard InChI is InChI=1S/C13H27/c1-8-9-10-11(12(2,3)4)13(5,6)7/h11H,1,8-10H2,2-7H3. The first-order chi connectivity index (χ1) is 5.69. The van der Waals surface area contributed by atoms with Gasteiger partial charge in [-0.3, -0.25) is 0 Å². The van der Waals surface area contributed by atoms with Crippen LogP contribution in [0.4, 0.5) is 0 Å². The molecule has 0 nitrogen and oxygen atoms in total. The molecule has 0 amide bonds. The molecule has 0 aromatic carbocycles. The van der Waals surface area contributed by atoms with Crippen LogP contribution in [0.1, 0.15) is 60.8 Å². The first-order valence-electron chi connectivity index (χ1n) is 5.49. The second-order valence-corrected chi connectivity index (χ2v) is 6.28. The van der Waals surface area contributed by atoms with E-state index in [4.69, 9.17) is 0 Å². The normalized spacial score (nSPS) is 13.8. The monoisotopic (exact) mass is 183 g/mol. The van der Waals surface area contributed by atoms with Gasteiger partial charge in [0.1, 0.15) is 0 Å². The molecule has 0 unspecified atom stereocenters. The highest BCUT2D eigenvalue weighted by Crippen LogP contribution is 2.42. The van der Waals surface area contributed by atoms with Gasteiger partial charge in [0.25, 0.3) is 0 Å². The fourth-order valence-electron chi connectivity index (χ4n) is 2.51. The summed E-state index contributed by atoms with van der Waals surface area (Å²) in [6.45, 7) is 18.0. The molecule has 0 aliphatic rings. The highest BCUT2D eigenvalue weighted by Gasteiger charge is 2.33. The van der Waals surface area contributed by atoms with Crippen LogP contribution in [0.15, 0.2) is 0 Å². The molecular formula is C13H27. The minimum Gasteiger partial charge on any atom is -0.0599 e. The quantitative estimate of drug-likeness (QED) is 0.595. The van der Waals surface area contributed by atoms with Crippen molar-refractivity contribution in [3.05, 3.63) is 6.92 Å². The lowest BCUT2D eigenvalue weighted by atomic mass is 9.65. The summed E-state index contributed by atoms with van der Waals surface area (Å²) in [6.07, 6.45) is 3.65. The van der Waals surface area contributed by atoms with Crippen molar-refractivity contribution in [1.82, 2.24) is 0 Å². The Hall–Kier alpha value is 0. The van der Waals surface area contributed by atoms with E-state index in [9.17, 15) is 0 Å². The molecule has 0 aromatic rings. The zero-order valence-electron chi connectivity index (χ0n) is 10.4. The largest absolute Gasteiger partial charge is 0.0599 e. The smallest absolute Gasteiger partial charge is 0.0317 e. The van der Waals surface area contributed by atoms with Crippen LogP contribution >= 0.6 is 0 Å². The Kier molecular flexibility index (Phi) is 4.48. The molecule has 13 heavy (non-hydrogen) atoms. The molecule has 0 heterocycles. The lowest BCUT2D eigenvalue weighted by Crippen LogP contribution is -2.32. The third-order valence-corrected chi connectivity index (χ3v) is 2.83. The predicted molar refractivity (Wildman–Crippen MR) is 61.6 cm³/mol. The highest BCUT2D eigenvalue weighted by molar-refractivity contribution is 4.83. The van der Waals surface area contributed by atoms with Crippen LogP contribution in [-0.2, 0) is 0 Å². The van der Waals surface area contributed by atoms with Gasteiger partial charge in [0, 0.05) is 0 Å². The summed E-state index contributed by atoms with van der Waals surface area (Å²) in [5.74, 6) is 0.793. The van der Waals surface area contributed by atoms with E-state index in [0.717, 1.165) is 12.3 Å². The van der Waals surface area contributed by atoms with Crippen molar-refractivity contribution in [2.24, 2.45) is 16.7 Å². The maximum absolute atomic E-state index is 3.92. The van der Waals surface area contributed by atoms with E-state index in [2.05, 4.69) is 48.5 Å². The molecule has 0 bridgehead atoms. The maximum Gasteiger partial charge on any atom is -0.0317 e. The molecule has 0 fully saturated rings. The van der Waals surface area contributed by atoms with E-state index in [-0.39, 0.29) is 0 Å². The van der Waals surface area contributed by atoms with E-state index < -0.39 is 0 Å². The number of unbranched alkanes of at least 4 members (excludes halogenated alkanes) is 1. The Morgan fingerprint density at radius 1 is 0.923 bits per heavy atom. The number of hydrogen-bond acceptors (Lipinski definition) is 0. The molecule has 0 spiro atoms. The van der Waals surface area contributed by atoms with Gasteiger partial charge < -0.3 is 0 Å². The van der Waals surface area contributed by atoms with Gasteiger partial charge in [-0.05, 0) is 23.2 Å². The summed E-state index contributed by atoms with van der Waals surface area (Å²) in [5.41, 5.74) is 0.848. The number of rotatable bonds is 3. The van der Waals surface area contributed by atoms with E-state index in [1.807, 2.05) is 0 Å². The molecule has 0 saturated carbocycles. The first-order valence-corrected chi connectivity index (χ1v) is 5.49. The van der Waals surface area contributed by atoms with Crippen molar-refractivity contribution >= 4 is 0 Å². The maximum atomic E-state index is 3.92. The summed E-state index contributed by atoms with van der Waals surface area (Å²) in [5, 5.41) is 0. The summed E-state index contributed by atoms with van der Waals surface area (Å²) in [7, 11) is 0. The summed E-state index contributed by atoms with van der Waals surface area (Å²) < 4.78 is 0. The van der Waals surface area contributed by atoms with Crippen LogP contribution < -0.4 is 0 Å². The molecule has 0 aliphatic heterocycles. The third kappa shape index (κ3) is 4.69. The van der Waals surface area contributed by atoms with Gasteiger partial charge in [-0.25, -0.2) is 0 Å². The van der Waals surface area contributed by atoms with Crippen LogP contribution in [0.25, 0.3) is 0 Å². The lowest BCUT2D eigenvalue weighted by molar-refractivity contribution is 0.0909. The Morgan fingerprint density at radius 3 is 1.54 bits per heavy atom. The van der Waals surface area contributed by atoms with Crippen LogP contribution in [0, 0.1) is 23.7 Å². The molecular weight excluding hydrogens is 156 g/mol. The van der Waals surface area contributed by atoms with Crippen LogP contribution in [0.5, 0.6) is 0 Å². The molecule has 0 atom stereocenters. The molecule has 0 aliphatic carbocycles. The third-order valence-electron chi connectivity index (χ3n) is 2.83. The van der Waals surface area contributed by atoms with Crippen LogP contribution in [0.3, 0.4) is 0 Å². The molecule has 0 N–H and O–H groups in total. The average Bonchev–Trinajstić information content (AvgIpc) is 1.81. The summed E-state index contributed by atoms with van der Waals surface area (Å²) >= 11 is 0. The first kappa shape index (κ1) is 13.0. The van der Waals surface area contributed by atoms with E-state index in [1.165, 1.54) is 12.8 Å². The van der Waals surface area contributed by atoms with Crippen molar-refractivity contribution in [3.8, 4) is 0 Å². The van der Waals surface area contributed by atoms with Crippen molar-refractivity contribution < 1.29 is 0 Å². The van der Waals surface area contributed by atoms with Gasteiger partial charge in [0.15, 0.2) is 0 Å². The summed E-state index contributed by atoms with van der Waals surface area (Å²) in [6, 6.07) is 0. The second-order valence-electron chi connectivity index (χ2n) is 6.28. The predicted octanol–water partition coefficient (Wildman–Crippen LogP) is 4.70. The van der Waals surface area contributed by atoms with E-state index in [0.29, 0.717) is 10.8 Å². The van der Waals surface area contributed by atoms with Crippen molar-refractivity contribution in [3.63, 3.8) is 0 Å². The zero-order valence-corrected chi connectivity index (χ0v) is 10.4. The molecule has 0 rings (SSSR count). The van der Waals surface area contributed by atoms with Crippen LogP contribution in [0.2, 0.25) is 0 Å². The fraction of sp³-hybridized carbons (Fsp3) is 0.923. The van der Waals surface area contributed by atoms with Gasteiger partial charge in [0.2, 0.25) is 0 Å². The van der Waals surface area contributed by atoms with Crippen molar-refractivity contribution in [2.45, 2.75) is 60.8 Å². The Bertz CT molecular complexity index is 117.